The van der Waals surface area contributed by atoms with Crippen molar-refractivity contribution in [3.05, 3.63) is 52.0 Å². The van der Waals surface area contributed by atoms with Gasteiger partial charge in [0.2, 0.25) is 5.91 Å². The van der Waals surface area contributed by atoms with Gasteiger partial charge in [0.05, 0.1) is 12.7 Å². The molecule has 1 atom stereocenters. The highest BCUT2D eigenvalue weighted by Gasteiger charge is 2.35. The quantitative estimate of drug-likeness (QED) is 0.802. The van der Waals surface area contributed by atoms with Gasteiger partial charge < -0.3 is 20.1 Å². The number of ether oxygens (including phenoxy) is 1. The number of carbonyl (C=O) groups excluding carboxylic acids is 2. The van der Waals surface area contributed by atoms with Crippen LogP contribution < -0.4 is 10.1 Å². The fourth-order valence-corrected chi connectivity index (χ4v) is 3.63. The normalized spacial score (nSPS) is 16.3. The highest BCUT2D eigenvalue weighted by Crippen LogP contribution is 2.29. The van der Waals surface area contributed by atoms with Crippen molar-refractivity contribution >= 4 is 40.7 Å². The molecule has 1 fully saturated rings. The van der Waals surface area contributed by atoms with E-state index in [4.69, 9.17) is 27.9 Å². The molecule has 8 heteroatoms. The summed E-state index contributed by atoms with van der Waals surface area (Å²) in [6, 6.07) is 8.54. The van der Waals surface area contributed by atoms with Crippen molar-refractivity contribution in [3.8, 4) is 11.5 Å². The number of hydrogen-bond donors (Lipinski definition) is 2. The second-order valence-corrected chi connectivity index (χ2v) is 7.06. The lowest BCUT2D eigenvalue weighted by atomic mass is 10.1. The first-order valence-corrected chi connectivity index (χ1v) is 9.09. The minimum atomic E-state index is -0.642. The van der Waals surface area contributed by atoms with Gasteiger partial charge in [-0.15, -0.1) is 0 Å². The topological polar surface area (TPSA) is 78.9 Å². The monoisotopic (exact) mass is 408 g/mol. The predicted octanol–water partition coefficient (Wildman–Crippen LogP) is 3.95. The van der Waals surface area contributed by atoms with Crippen LogP contribution >= 0.6 is 23.2 Å². The van der Waals surface area contributed by atoms with E-state index < -0.39 is 11.9 Å². The van der Waals surface area contributed by atoms with Gasteiger partial charge in [-0.05, 0) is 43.2 Å². The number of likely N-dealkylation sites (tertiary alicyclic amines) is 1. The van der Waals surface area contributed by atoms with E-state index in [9.17, 15) is 14.7 Å². The van der Waals surface area contributed by atoms with Crippen LogP contribution in [0, 0.1) is 0 Å². The largest absolute Gasteiger partial charge is 0.507 e. The molecule has 0 aliphatic carbocycles. The van der Waals surface area contributed by atoms with Crippen LogP contribution in [0.3, 0.4) is 0 Å². The highest BCUT2D eigenvalue weighted by atomic mass is 35.5. The molecular weight excluding hydrogens is 391 g/mol. The Morgan fingerprint density at radius 2 is 1.89 bits per heavy atom. The van der Waals surface area contributed by atoms with Gasteiger partial charge in [0.25, 0.3) is 5.91 Å². The summed E-state index contributed by atoms with van der Waals surface area (Å²) in [5.74, 6) is -0.478. The summed E-state index contributed by atoms with van der Waals surface area (Å²) in [5.41, 5.74) is 0.588. The molecule has 0 radical (unpaired) electrons. The van der Waals surface area contributed by atoms with Crippen molar-refractivity contribution in [1.82, 2.24) is 4.90 Å². The average molecular weight is 409 g/mol. The molecule has 2 aromatic rings. The molecule has 1 aliphatic rings. The maximum absolute atomic E-state index is 12.8. The van der Waals surface area contributed by atoms with Gasteiger partial charge in [0.1, 0.15) is 17.5 Å². The van der Waals surface area contributed by atoms with E-state index in [0.29, 0.717) is 40.9 Å². The molecule has 142 valence electrons. The molecule has 1 unspecified atom stereocenters. The van der Waals surface area contributed by atoms with Crippen molar-refractivity contribution < 1.29 is 19.4 Å². The number of hydrogen-bond acceptors (Lipinski definition) is 4. The van der Waals surface area contributed by atoms with Crippen LogP contribution in [0.2, 0.25) is 10.0 Å². The zero-order valence-electron chi connectivity index (χ0n) is 14.5. The van der Waals surface area contributed by atoms with E-state index in [0.717, 1.165) is 0 Å². The van der Waals surface area contributed by atoms with Gasteiger partial charge in [0.15, 0.2) is 0 Å². The number of nitrogens with zero attached hydrogens (tertiary/aromatic N) is 1. The number of rotatable bonds is 4. The molecule has 2 amide bonds. The summed E-state index contributed by atoms with van der Waals surface area (Å²) in [7, 11) is 1.47. The average Bonchev–Trinajstić information content (AvgIpc) is 3.10. The predicted molar refractivity (Wildman–Crippen MR) is 104 cm³/mol. The molecule has 1 aliphatic heterocycles. The van der Waals surface area contributed by atoms with Crippen LogP contribution in [-0.4, -0.2) is 41.5 Å². The molecule has 0 bridgehead atoms. The highest BCUT2D eigenvalue weighted by molar-refractivity contribution is 6.35. The van der Waals surface area contributed by atoms with Crippen LogP contribution in [0.1, 0.15) is 23.2 Å². The van der Waals surface area contributed by atoms with Crippen LogP contribution in [0.25, 0.3) is 0 Å². The number of methoxy groups -OCH3 is 1. The molecule has 6 nitrogen and oxygen atoms in total. The Hall–Kier alpha value is -2.44. The molecule has 27 heavy (non-hydrogen) atoms. The van der Waals surface area contributed by atoms with Gasteiger partial charge in [0, 0.05) is 28.3 Å². The smallest absolute Gasteiger partial charge is 0.258 e. The number of nitrogens with one attached hydrogen (secondary N) is 1. The number of anilines is 1. The van der Waals surface area contributed by atoms with Crippen molar-refractivity contribution in [2.75, 3.05) is 19.0 Å². The lowest BCUT2D eigenvalue weighted by Crippen LogP contribution is -2.43. The van der Waals surface area contributed by atoms with Crippen LogP contribution in [-0.2, 0) is 4.79 Å². The Morgan fingerprint density at radius 1 is 1.19 bits per heavy atom. The maximum Gasteiger partial charge on any atom is 0.258 e. The third-order valence-electron chi connectivity index (χ3n) is 4.38. The van der Waals surface area contributed by atoms with E-state index in [1.807, 2.05) is 0 Å². The van der Waals surface area contributed by atoms with Crippen molar-refractivity contribution in [1.29, 1.82) is 0 Å². The number of aromatic hydroxyl groups is 1. The fourth-order valence-electron chi connectivity index (χ4n) is 3.11. The first-order chi connectivity index (χ1) is 12.9. The van der Waals surface area contributed by atoms with Gasteiger partial charge in [-0.2, -0.15) is 0 Å². The first kappa shape index (κ1) is 19.3. The molecule has 2 aromatic carbocycles. The minimum absolute atomic E-state index is 0.126. The number of halogens is 2. The Kier molecular flexibility index (Phi) is 5.77. The molecule has 3 rings (SSSR count). The zero-order valence-corrected chi connectivity index (χ0v) is 16.0. The summed E-state index contributed by atoms with van der Waals surface area (Å²) in [5, 5.41) is 13.7. The minimum Gasteiger partial charge on any atom is -0.507 e. The second-order valence-electron chi connectivity index (χ2n) is 6.19. The maximum atomic E-state index is 12.8. The van der Waals surface area contributed by atoms with Crippen molar-refractivity contribution in [2.45, 2.75) is 18.9 Å². The lowest BCUT2D eigenvalue weighted by molar-refractivity contribution is -0.119. The first-order valence-electron chi connectivity index (χ1n) is 8.34. The summed E-state index contributed by atoms with van der Waals surface area (Å²) in [6.45, 7) is 0.429. The number of phenols is 1. The number of carbonyl (C=O) groups is 2. The summed E-state index contributed by atoms with van der Waals surface area (Å²) < 4.78 is 5.03. The van der Waals surface area contributed by atoms with E-state index in [1.165, 1.54) is 24.1 Å². The Balaban J connectivity index is 1.78. The third-order valence-corrected chi connectivity index (χ3v) is 4.82. The number of phenolic OH excluding ortho intramolecular Hbond substituents is 1. The van der Waals surface area contributed by atoms with E-state index in [2.05, 4.69) is 5.32 Å². The van der Waals surface area contributed by atoms with E-state index in [-0.39, 0.29) is 17.2 Å². The van der Waals surface area contributed by atoms with Gasteiger partial charge in [-0.1, -0.05) is 23.2 Å². The van der Waals surface area contributed by atoms with E-state index >= 15 is 0 Å². The SMILES string of the molecule is COc1ccc(C(=O)N2CCCC2C(=O)Nc2cc(Cl)cc(Cl)c2)c(O)c1. The molecular formula is C19H18Cl2N2O4. The van der Waals surface area contributed by atoms with E-state index in [1.54, 1.807) is 24.3 Å². The second kappa shape index (κ2) is 8.06. The summed E-state index contributed by atoms with van der Waals surface area (Å²) >= 11 is 11.9. The molecule has 1 saturated heterocycles. The molecule has 0 spiro atoms. The zero-order chi connectivity index (χ0) is 19.6. The lowest BCUT2D eigenvalue weighted by Gasteiger charge is -2.24. The van der Waals surface area contributed by atoms with Gasteiger partial charge in [-0.3, -0.25) is 9.59 Å². The molecule has 1 heterocycles. The third kappa shape index (κ3) is 4.28. The van der Waals surface area contributed by atoms with Crippen LogP contribution in [0.15, 0.2) is 36.4 Å². The van der Waals surface area contributed by atoms with Gasteiger partial charge >= 0.3 is 0 Å². The van der Waals surface area contributed by atoms with Gasteiger partial charge in [-0.25, -0.2) is 0 Å². The van der Waals surface area contributed by atoms with Crippen molar-refractivity contribution in [2.24, 2.45) is 0 Å². The summed E-state index contributed by atoms with van der Waals surface area (Å²) in [6.07, 6.45) is 1.22. The molecule has 0 aromatic heterocycles. The Morgan fingerprint density at radius 3 is 2.52 bits per heavy atom. The number of benzene rings is 2. The fraction of sp³-hybridized carbons (Fsp3) is 0.263. The van der Waals surface area contributed by atoms with Crippen molar-refractivity contribution in [3.63, 3.8) is 0 Å². The molecule has 2 N–H and O–H groups in total. The number of amides is 2. The Bertz CT molecular complexity index is 868. The van der Waals surface area contributed by atoms with Crippen LogP contribution in [0.4, 0.5) is 5.69 Å². The Labute approximate surface area is 166 Å². The summed E-state index contributed by atoms with van der Waals surface area (Å²) in [4.78, 5) is 27.0. The van der Waals surface area contributed by atoms with Crippen LogP contribution in [0.5, 0.6) is 11.5 Å². The molecule has 0 saturated carbocycles. The standard InChI is InChI=1S/C19H18Cl2N2O4/c1-27-14-4-5-15(17(24)10-14)19(26)23-6-2-3-16(23)18(25)22-13-8-11(20)7-12(21)9-13/h4-5,7-10,16,24H,2-3,6H2,1H3,(H,22,25).